The molecule has 3 rings (SSSR count). The molecule has 3 N–H and O–H groups in total. The summed E-state index contributed by atoms with van der Waals surface area (Å²) in [6.07, 6.45) is 0.730. The topological polar surface area (TPSA) is 98.7 Å². The summed E-state index contributed by atoms with van der Waals surface area (Å²) < 4.78 is 5.79. The van der Waals surface area contributed by atoms with Gasteiger partial charge in [-0.05, 0) is 31.2 Å². The van der Waals surface area contributed by atoms with E-state index < -0.39 is 12.1 Å². The number of carboxylic acid groups (broad SMARTS) is 1. The molecule has 1 aromatic heterocycles. The number of benzene rings is 1. The molecule has 23 heavy (non-hydrogen) atoms. The highest BCUT2D eigenvalue weighted by molar-refractivity contribution is 5.87. The van der Waals surface area contributed by atoms with Gasteiger partial charge in [0.05, 0.1) is 17.6 Å². The van der Waals surface area contributed by atoms with E-state index in [0.29, 0.717) is 25.4 Å². The Hall–Kier alpha value is -2.38. The van der Waals surface area contributed by atoms with Gasteiger partial charge in [0.25, 0.3) is 0 Å². The number of carbonyl (C=O) groups is 1. The van der Waals surface area contributed by atoms with E-state index in [2.05, 4.69) is 14.9 Å². The number of hydrogen-bond donors (Lipinski definition) is 3. The van der Waals surface area contributed by atoms with Gasteiger partial charge in [0.2, 0.25) is 0 Å². The van der Waals surface area contributed by atoms with E-state index in [1.807, 2.05) is 6.92 Å². The molecule has 1 aliphatic heterocycles. The Morgan fingerprint density at radius 3 is 2.74 bits per heavy atom. The van der Waals surface area contributed by atoms with E-state index >= 15 is 0 Å². The summed E-state index contributed by atoms with van der Waals surface area (Å²) in [7, 11) is 0. The van der Waals surface area contributed by atoms with Crippen molar-refractivity contribution in [3.8, 4) is 5.75 Å². The lowest BCUT2D eigenvalue weighted by atomic mass is 10.2. The van der Waals surface area contributed by atoms with Gasteiger partial charge in [-0.2, -0.15) is 0 Å². The lowest BCUT2D eigenvalue weighted by Gasteiger charge is -2.17. The van der Waals surface area contributed by atoms with E-state index in [1.165, 1.54) is 12.1 Å². The number of H-pyrrole nitrogens is 1. The molecule has 1 fully saturated rings. The molecule has 2 heterocycles. The molecule has 0 amide bonds. The van der Waals surface area contributed by atoms with Crippen LogP contribution in [0.3, 0.4) is 0 Å². The number of hydrogen-bond acceptors (Lipinski definition) is 5. The van der Waals surface area contributed by atoms with Crippen molar-refractivity contribution in [1.82, 2.24) is 14.9 Å². The zero-order valence-corrected chi connectivity index (χ0v) is 12.8. The predicted molar refractivity (Wildman–Crippen MR) is 82.4 cm³/mol. The number of likely N-dealkylation sites (tertiary alicyclic amines) is 1. The molecule has 0 bridgehead atoms. The number of aromatic carboxylic acids is 1. The first-order valence-corrected chi connectivity index (χ1v) is 7.42. The number of aromatic nitrogens is 2. The van der Waals surface area contributed by atoms with Crippen molar-refractivity contribution >= 4 is 5.97 Å². The third-order valence-electron chi connectivity index (χ3n) is 4.01. The Balaban J connectivity index is 1.60. The highest BCUT2D eigenvalue weighted by atomic mass is 16.5. The van der Waals surface area contributed by atoms with E-state index in [9.17, 15) is 9.90 Å². The van der Waals surface area contributed by atoms with Gasteiger partial charge in [-0.1, -0.05) is 0 Å². The third-order valence-corrected chi connectivity index (χ3v) is 4.01. The van der Waals surface area contributed by atoms with Crippen molar-refractivity contribution in [2.75, 3.05) is 13.1 Å². The van der Waals surface area contributed by atoms with Gasteiger partial charge in [-0.3, -0.25) is 4.90 Å². The number of aryl methyl sites for hydroxylation is 1. The highest BCUT2D eigenvalue weighted by Gasteiger charge is 2.33. The molecule has 1 saturated heterocycles. The second-order valence-corrected chi connectivity index (χ2v) is 5.72. The van der Waals surface area contributed by atoms with Crippen molar-refractivity contribution < 1.29 is 19.7 Å². The Bertz CT molecular complexity index is 683. The number of carboxylic acids is 1. The quantitative estimate of drug-likeness (QED) is 0.762. The molecule has 7 nitrogen and oxygen atoms in total. The molecule has 1 aromatic carbocycles. The number of aliphatic hydroxyl groups is 1. The van der Waals surface area contributed by atoms with Crippen LogP contribution in [-0.2, 0) is 6.54 Å². The fourth-order valence-electron chi connectivity index (χ4n) is 2.69. The molecule has 0 spiro atoms. The zero-order valence-electron chi connectivity index (χ0n) is 12.8. The van der Waals surface area contributed by atoms with E-state index in [0.717, 1.165) is 11.4 Å². The second kappa shape index (κ2) is 6.39. The number of nitrogens with zero attached hydrogens (tertiary/aromatic N) is 2. The van der Waals surface area contributed by atoms with E-state index in [4.69, 9.17) is 9.84 Å². The Morgan fingerprint density at radius 1 is 1.39 bits per heavy atom. The highest BCUT2D eigenvalue weighted by Crippen LogP contribution is 2.21. The minimum Gasteiger partial charge on any atom is -0.486 e. The van der Waals surface area contributed by atoms with Gasteiger partial charge in [0.15, 0.2) is 0 Å². The van der Waals surface area contributed by atoms with Gasteiger partial charge in [0, 0.05) is 25.3 Å². The molecule has 122 valence electrons. The van der Waals surface area contributed by atoms with Gasteiger partial charge in [-0.25, -0.2) is 9.78 Å². The number of aliphatic hydroxyl groups excluding tert-OH is 1. The normalized spacial score (nSPS) is 21.5. The van der Waals surface area contributed by atoms with Crippen LogP contribution in [0, 0.1) is 6.92 Å². The van der Waals surface area contributed by atoms with Crippen molar-refractivity contribution in [3.05, 3.63) is 47.5 Å². The maximum absolute atomic E-state index is 10.8. The summed E-state index contributed by atoms with van der Waals surface area (Å²) in [5.74, 6) is -0.421. The summed E-state index contributed by atoms with van der Waals surface area (Å²) in [5, 5.41) is 19.1. The molecular weight excluding hydrogens is 298 g/mol. The van der Waals surface area contributed by atoms with E-state index in [1.54, 1.807) is 18.5 Å². The number of aromatic amines is 1. The van der Waals surface area contributed by atoms with Crippen LogP contribution in [0.4, 0.5) is 0 Å². The van der Waals surface area contributed by atoms with E-state index in [-0.39, 0.29) is 11.7 Å². The molecular formula is C16H19N3O4. The summed E-state index contributed by atoms with van der Waals surface area (Å²) >= 11 is 0. The standard InChI is InChI=1S/C16H19N3O4/c1-10-13(18-9-17-10)6-19-7-14(20)15(8-19)23-12-4-2-11(3-5-12)16(21)22/h2-5,9,14-15,20H,6-8H2,1H3,(H,17,18)(H,21,22)/t14-,15-/m1/s1. The summed E-state index contributed by atoms with van der Waals surface area (Å²) in [4.78, 5) is 20.2. The van der Waals surface area contributed by atoms with Gasteiger partial charge in [-0.15, -0.1) is 0 Å². The van der Waals surface area contributed by atoms with Crippen LogP contribution in [0.25, 0.3) is 0 Å². The van der Waals surface area contributed by atoms with Gasteiger partial charge >= 0.3 is 5.97 Å². The van der Waals surface area contributed by atoms with Crippen molar-refractivity contribution in [1.29, 1.82) is 0 Å². The van der Waals surface area contributed by atoms with Crippen LogP contribution in [0.1, 0.15) is 21.7 Å². The Morgan fingerprint density at radius 2 is 2.13 bits per heavy atom. The number of rotatable bonds is 5. The smallest absolute Gasteiger partial charge is 0.335 e. The minimum absolute atomic E-state index is 0.208. The van der Waals surface area contributed by atoms with Crippen LogP contribution >= 0.6 is 0 Å². The third kappa shape index (κ3) is 3.52. The van der Waals surface area contributed by atoms with Crippen LogP contribution in [0.5, 0.6) is 5.75 Å². The van der Waals surface area contributed by atoms with Crippen LogP contribution in [0.2, 0.25) is 0 Å². The zero-order chi connectivity index (χ0) is 16.4. The van der Waals surface area contributed by atoms with Crippen LogP contribution in [-0.4, -0.2) is 56.3 Å². The average molecular weight is 317 g/mol. The molecule has 0 radical (unpaired) electrons. The van der Waals surface area contributed by atoms with Crippen LogP contribution in [0.15, 0.2) is 30.6 Å². The lowest BCUT2D eigenvalue weighted by molar-refractivity contribution is 0.0693. The SMILES string of the molecule is Cc1[nH]cnc1CN1C[C@@H](O)[C@H](Oc2ccc(C(=O)O)cc2)C1. The maximum atomic E-state index is 10.8. The number of imidazole rings is 1. The average Bonchev–Trinajstić information content (AvgIpc) is 3.07. The first kappa shape index (κ1) is 15.5. The first-order valence-electron chi connectivity index (χ1n) is 7.42. The molecule has 0 aliphatic carbocycles. The van der Waals surface area contributed by atoms with Crippen molar-refractivity contribution in [2.24, 2.45) is 0 Å². The Labute approximate surface area is 133 Å². The summed E-state index contributed by atoms with van der Waals surface area (Å²) in [6.45, 7) is 3.73. The largest absolute Gasteiger partial charge is 0.486 e. The molecule has 0 unspecified atom stereocenters. The molecule has 7 heteroatoms. The Kier molecular flexibility index (Phi) is 4.31. The first-order chi connectivity index (χ1) is 11.0. The van der Waals surface area contributed by atoms with Crippen molar-refractivity contribution in [2.45, 2.75) is 25.7 Å². The predicted octanol–water partition coefficient (Wildman–Crippen LogP) is 1.04. The maximum Gasteiger partial charge on any atom is 0.335 e. The molecule has 2 atom stereocenters. The summed E-state index contributed by atoms with van der Waals surface area (Å²) in [5.41, 5.74) is 2.19. The molecule has 1 aliphatic rings. The second-order valence-electron chi connectivity index (χ2n) is 5.72. The number of ether oxygens (including phenoxy) is 1. The van der Waals surface area contributed by atoms with Gasteiger partial charge < -0.3 is 19.9 Å². The molecule has 0 saturated carbocycles. The number of nitrogens with one attached hydrogen (secondary N) is 1. The van der Waals surface area contributed by atoms with Gasteiger partial charge in [0.1, 0.15) is 18.0 Å². The summed E-state index contributed by atoms with van der Waals surface area (Å²) in [6, 6.07) is 6.20. The number of β-amino-alcohol motifs (C(OH)–C–C–N with tert-alkyl or cyclic N) is 1. The molecule has 2 aromatic rings. The monoisotopic (exact) mass is 317 g/mol. The van der Waals surface area contributed by atoms with Crippen molar-refractivity contribution in [3.63, 3.8) is 0 Å². The lowest BCUT2D eigenvalue weighted by Crippen LogP contribution is -2.29. The van der Waals surface area contributed by atoms with Crippen LogP contribution < -0.4 is 4.74 Å². The fraction of sp³-hybridized carbons (Fsp3) is 0.375. The fourth-order valence-corrected chi connectivity index (χ4v) is 2.69. The minimum atomic E-state index is -0.974.